The molecule has 0 fully saturated rings. The Morgan fingerprint density at radius 3 is 2.71 bits per heavy atom. The zero-order valence-corrected chi connectivity index (χ0v) is 13.9. The lowest BCUT2D eigenvalue weighted by atomic mass is 9.82. The normalized spacial score (nSPS) is 26.2. The molecule has 4 rings (SSSR count). The van der Waals surface area contributed by atoms with Gasteiger partial charge in [0.25, 0.3) is 0 Å². The van der Waals surface area contributed by atoms with Crippen LogP contribution in [0.1, 0.15) is 29.8 Å². The summed E-state index contributed by atoms with van der Waals surface area (Å²) in [5, 5.41) is 11.0. The maximum absolute atomic E-state index is 11.0. The molecule has 1 aromatic carbocycles. The van der Waals surface area contributed by atoms with Gasteiger partial charge in [0, 0.05) is 25.1 Å². The summed E-state index contributed by atoms with van der Waals surface area (Å²) in [5.74, 6) is 0.661. The van der Waals surface area contributed by atoms with Crippen molar-refractivity contribution in [3.05, 3.63) is 65.6 Å². The third-order valence-corrected chi connectivity index (χ3v) is 4.89. The van der Waals surface area contributed by atoms with Crippen molar-refractivity contribution in [2.75, 3.05) is 7.11 Å². The van der Waals surface area contributed by atoms with Crippen molar-refractivity contribution in [3.8, 4) is 5.75 Å². The zero-order chi connectivity index (χ0) is 16.9. The minimum atomic E-state index is -0.879. The molecule has 0 radical (unpaired) electrons. The molecule has 0 amide bonds. The number of aryl methyl sites for hydroxylation is 1. The zero-order valence-electron chi connectivity index (χ0n) is 13.9. The van der Waals surface area contributed by atoms with Crippen molar-refractivity contribution in [1.82, 2.24) is 9.38 Å². The van der Waals surface area contributed by atoms with Gasteiger partial charge in [-0.05, 0) is 25.5 Å². The first-order valence-electron chi connectivity index (χ1n) is 7.98. The molecule has 124 valence electrons. The van der Waals surface area contributed by atoms with E-state index in [0.717, 1.165) is 22.5 Å². The highest BCUT2D eigenvalue weighted by atomic mass is 16.5. The van der Waals surface area contributed by atoms with E-state index in [0.29, 0.717) is 5.75 Å². The lowest BCUT2D eigenvalue weighted by Crippen LogP contribution is -2.47. The van der Waals surface area contributed by atoms with Gasteiger partial charge in [-0.2, -0.15) is 0 Å². The van der Waals surface area contributed by atoms with Gasteiger partial charge >= 0.3 is 0 Å². The van der Waals surface area contributed by atoms with E-state index in [1.807, 2.05) is 67.0 Å². The Balaban J connectivity index is 1.95. The summed E-state index contributed by atoms with van der Waals surface area (Å²) < 4.78 is 13.9. The smallest absolute Gasteiger partial charge is 0.180 e. The molecule has 0 spiro atoms. The van der Waals surface area contributed by atoms with Gasteiger partial charge in [-0.3, -0.25) is 0 Å². The number of hydrogen-bond acceptors (Lipinski definition) is 4. The fourth-order valence-corrected chi connectivity index (χ4v) is 3.42. The van der Waals surface area contributed by atoms with Gasteiger partial charge in [0.15, 0.2) is 17.5 Å². The van der Waals surface area contributed by atoms with E-state index in [9.17, 15) is 5.11 Å². The minimum absolute atomic E-state index is 0.521. The van der Waals surface area contributed by atoms with Crippen molar-refractivity contribution in [2.45, 2.75) is 31.7 Å². The number of ether oxygens (including phenoxy) is 2. The molecule has 3 aromatic rings. The first-order valence-corrected chi connectivity index (χ1v) is 7.98. The van der Waals surface area contributed by atoms with Crippen LogP contribution in [0, 0.1) is 6.92 Å². The second-order valence-electron chi connectivity index (χ2n) is 6.38. The van der Waals surface area contributed by atoms with E-state index in [4.69, 9.17) is 9.47 Å². The molecule has 1 aliphatic rings. The third kappa shape index (κ3) is 2.05. The number of hydrogen-bond donors (Lipinski definition) is 1. The van der Waals surface area contributed by atoms with Crippen molar-refractivity contribution < 1.29 is 14.6 Å². The van der Waals surface area contributed by atoms with Crippen LogP contribution in [0.5, 0.6) is 5.75 Å². The molecule has 24 heavy (non-hydrogen) atoms. The van der Waals surface area contributed by atoms with Crippen LogP contribution >= 0.6 is 0 Å². The molecule has 0 saturated heterocycles. The number of aliphatic hydroxyl groups excluding tert-OH is 1. The van der Waals surface area contributed by atoms with E-state index in [-0.39, 0.29) is 0 Å². The molecular formula is C19H20N2O3. The molecule has 1 N–H and O–H groups in total. The topological polar surface area (TPSA) is 56.0 Å². The summed E-state index contributed by atoms with van der Waals surface area (Å²) >= 11 is 0. The second kappa shape index (κ2) is 5.33. The summed E-state index contributed by atoms with van der Waals surface area (Å²) in [6.07, 6.45) is 2.51. The molecule has 5 nitrogen and oxygen atoms in total. The number of benzene rings is 1. The van der Waals surface area contributed by atoms with Crippen LogP contribution in [0.2, 0.25) is 0 Å². The average molecular weight is 324 g/mol. The molecule has 5 heteroatoms. The summed E-state index contributed by atoms with van der Waals surface area (Å²) in [6.45, 7) is 3.84. The number of aliphatic hydroxyl groups is 1. The third-order valence-electron chi connectivity index (χ3n) is 4.89. The highest BCUT2D eigenvalue weighted by Crippen LogP contribution is 2.47. The first-order chi connectivity index (χ1) is 11.5. The Bertz CT molecular complexity index is 890. The van der Waals surface area contributed by atoms with Crippen molar-refractivity contribution in [3.63, 3.8) is 0 Å². The lowest BCUT2D eigenvalue weighted by molar-refractivity contribution is -0.150. The Morgan fingerprint density at radius 1 is 1.25 bits per heavy atom. The molecule has 2 aromatic heterocycles. The number of pyridine rings is 1. The molecule has 0 bridgehead atoms. The quantitative estimate of drug-likeness (QED) is 0.787. The van der Waals surface area contributed by atoms with Crippen molar-refractivity contribution in [1.29, 1.82) is 0 Å². The van der Waals surface area contributed by atoms with Gasteiger partial charge in [-0.25, -0.2) is 4.98 Å². The molecule has 0 aliphatic carbocycles. The monoisotopic (exact) mass is 324 g/mol. The molecule has 0 saturated carbocycles. The summed E-state index contributed by atoms with van der Waals surface area (Å²) in [7, 11) is 1.61. The highest BCUT2D eigenvalue weighted by Gasteiger charge is 2.48. The van der Waals surface area contributed by atoms with Gasteiger partial charge < -0.3 is 19.0 Å². The largest absolute Gasteiger partial charge is 0.479 e. The predicted octanol–water partition coefficient (Wildman–Crippen LogP) is 3.00. The molecule has 3 heterocycles. The van der Waals surface area contributed by atoms with E-state index >= 15 is 0 Å². The number of fused-ring (bicyclic) bond motifs is 3. The second-order valence-corrected chi connectivity index (χ2v) is 6.38. The summed E-state index contributed by atoms with van der Waals surface area (Å²) in [5.41, 5.74) is 2.48. The number of aromatic nitrogens is 2. The van der Waals surface area contributed by atoms with E-state index in [1.54, 1.807) is 7.11 Å². The van der Waals surface area contributed by atoms with Crippen LogP contribution in [0.3, 0.4) is 0 Å². The number of nitrogens with zero attached hydrogens (tertiary/aromatic N) is 2. The van der Waals surface area contributed by atoms with E-state index in [1.165, 1.54) is 0 Å². The van der Waals surface area contributed by atoms with Crippen LogP contribution in [0.15, 0.2) is 48.8 Å². The Morgan fingerprint density at radius 2 is 2.00 bits per heavy atom. The molecule has 1 aliphatic heterocycles. The summed E-state index contributed by atoms with van der Waals surface area (Å²) in [6, 6.07) is 11.6. The van der Waals surface area contributed by atoms with Crippen LogP contribution in [-0.2, 0) is 10.3 Å². The number of imidazole rings is 1. The highest BCUT2D eigenvalue weighted by molar-refractivity contribution is 5.62. The maximum Gasteiger partial charge on any atom is 0.180 e. The Hall–Kier alpha value is -2.37. The van der Waals surface area contributed by atoms with Crippen LogP contribution in [0.4, 0.5) is 0 Å². The van der Waals surface area contributed by atoms with E-state index in [2.05, 4.69) is 4.98 Å². The van der Waals surface area contributed by atoms with Crippen LogP contribution in [0.25, 0.3) is 5.65 Å². The SMILES string of the molecule is COC1(C)c2ccn3cc(C)nc3c2O[C@H](c2ccccc2)C1O. The van der Waals surface area contributed by atoms with Crippen molar-refractivity contribution in [2.24, 2.45) is 0 Å². The van der Waals surface area contributed by atoms with E-state index < -0.39 is 17.8 Å². The maximum atomic E-state index is 11.0. The molecular weight excluding hydrogens is 304 g/mol. The summed E-state index contributed by atoms with van der Waals surface area (Å²) in [4.78, 5) is 4.58. The standard InChI is InChI=1S/C19H20N2O3/c1-12-11-21-10-9-14-16(18(21)20-12)24-15(13-7-5-4-6-8-13)17(22)19(14,2)23-3/h4-11,15,17,22H,1-3H3/t15-,17?,19?/m1/s1. The van der Waals surface area contributed by atoms with Gasteiger partial charge in [0.2, 0.25) is 0 Å². The van der Waals surface area contributed by atoms with Crippen LogP contribution < -0.4 is 4.74 Å². The van der Waals surface area contributed by atoms with Gasteiger partial charge in [-0.15, -0.1) is 0 Å². The van der Waals surface area contributed by atoms with Crippen molar-refractivity contribution >= 4 is 5.65 Å². The predicted molar refractivity (Wildman–Crippen MR) is 90.1 cm³/mol. The fourth-order valence-electron chi connectivity index (χ4n) is 3.42. The average Bonchev–Trinajstić information content (AvgIpc) is 2.99. The van der Waals surface area contributed by atoms with Gasteiger partial charge in [0.1, 0.15) is 11.7 Å². The number of rotatable bonds is 2. The number of methoxy groups -OCH3 is 1. The van der Waals surface area contributed by atoms with Crippen LogP contribution in [-0.4, -0.2) is 27.7 Å². The molecule has 3 atom stereocenters. The Labute approximate surface area is 140 Å². The molecule has 2 unspecified atom stereocenters. The lowest BCUT2D eigenvalue weighted by Gasteiger charge is -2.43. The first kappa shape index (κ1) is 15.2. The Kier molecular flexibility index (Phi) is 3.37. The van der Waals surface area contributed by atoms with Gasteiger partial charge in [-0.1, -0.05) is 30.3 Å². The minimum Gasteiger partial charge on any atom is -0.479 e. The van der Waals surface area contributed by atoms with Gasteiger partial charge in [0.05, 0.1) is 5.69 Å². The fraction of sp³-hybridized carbons (Fsp3) is 0.316.